The van der Waals surface area contributed by atoms with Gasteiger partial charge in [0.1, 0.15) is 11.3 Å². The smallest absolute Gasteiger partial charge is 0.340 e. The second-order valence-electron chi connectivity index (χ2n) is 9.58. The van der Waals surface area contributed by atoms with E-state index < -0.39 is 11.9 Å². The first-order chi connectivity index (χ1) is 16.7. The number of rotatable bonds is 7. The largest absolute Gasteiger partial charge is 0.492 e. The molecule has 9 nitrogen and oxygen atoms in total. The third-order valence-electron chi connectivity index (χ3n) is 6.52. The molecule has 0 radical (unpaired) electrons. The van der Waals surface area contributed by atoms with Gasteiger partial charge in [0, 0.05) is 29.5 Å². The van der Waals surface area contributed by atoms with Crippen LogP contribution in [-0.2, 0) is 25.5 Å². The number of hydrogen-bond acceptors (Lipinski definition) is 9. The van der Waals surface area contributed by atoms with Gasteiger partial charge in [-0.15, -0.1) is 0 Å². The molecule has 0 aromatic heterocycles. The van der Waals surface area contributed by atoms with Crippen LogP contribution >= 0.6 is 0 Å². The zero-order valence-corrected chi connectivity index (χ0v) is 21.2. The Hall–Kier alpha value is -3.36. The standard InChI is InChI=1S/C26H33NO8/c1-7-9-13-16(21(31-6)23-22(20(13)30-5)33-12-34-23)18-17-14(28)10-26(3,4)11-15(17)35-24(27)19(18)25(29)32-8-2/h18H,7-12,27H2,1-6H3. The molecule has 35 heavy (non-hydrogen) atoms. The van der Waals surface area contributed by atoms with E-state index in [4.69, 9.17) is 34.2 Å². The number of benzene rings is 1. The van der Waals surface area contributed by atoms with Gasteiger partial charge >= 0.3 is 5.97 Å². The molecular weight excluding hydrogens is 454 g/mol. The molecule has 0 saturated heterocycles. The molecule has 2 heterocycles. The van der Waals surface area contributed by atoms with Crippen molar-refractivity contribution in [2.24, 2.45) is 11.1 Å². The highest BCUT2D eigenvalue weighted by molar-refractivity contribution is 6.04. The molecule has 190 valence electrons. The highest BCUT2D eigenvalue weighted by Crippen LogP contribution is 2.58. The Bertz CT molecular complexity index is 1130. The van der Waals surface area contributed by atoms with Gasteiger partial charge in [0.25, 0.3) is 0 Å². The summed E-state index contributed by atoms with van der Waals surface area (Å²) in [6.07, 6.45) is 2.13. The van der Waals surface area contributed by atoms with Crippen molar-refractivity contribution in [2.45, 2.75) is 59.3 Å². The second-order valence-corrected chi connectivity index (χ2v) is 9.58. The van der Waals surface area contributed by atoms with Crippen LogP contribution in [0.3, 0.4) is 0 Å². The van der Waals surface area contributed by atoms with Gasteiger partial charge in [0.15, 0.2) is 17.3 Å². The first kappa shape index (κ1) is 24.8. The van der Waals surface area contributed by atoms with E-state index >= 15 is 0 Å². The number of ether oxygens (including phenoxy) is 6. The summed E-state index contributed by atoms with van der Waals surface area (Å²) in [4.78, 5) is 26.9. The van der Waals surface area contributed by atoms with Crippen molar-refractivity contribution in [1.29, 1.82) is 0 Å². The highest BCUT2D eigenvalue weighted by Gasteiger charge is 2.48. The fraction of sp³-hybridized carbons (Fsp3) is 0.538. The van der Waals surface area contributed by atoms with Crippen LogP contribution in [0.5, 0.6) is 23.0 Å². The number of carbonyl (C=O) groups is 2. The highest BCUT2D eigenvalue weighted by atomic mass is 16.7. The SMILES string of the molecule is CCCc1c(OC)c2c(c(OC)c1C1C(C(=O)OCC)=C(N)OC3=C1C(=O)CC(C)(C)C3)OCO2. The van der Waals surface area contributed by atoms with Crippen molar-refractivity contribution in [3.05, 3.63) is 33.9 Å². The minimum Gasteiger partial charge on any atom is -0.492 e. The molecular formula is C26H33NO8. The predicted octanol–water partition coefficient (Wildman–Crippen LogP) is 3.88. The molecule has 1 unspecified atom stereocenters. The molecule has 4 rings (SSSR count). The Labute approximate surface area is 205 Å². The van der Waals surface area contributed by atoms with Crippen LogP contribution in [0.15, 0.2) is 22.8 Å². The van der Waals surface area contributed by atoms with E-state index in [2.05, 4.69) is 0 Å². The Morgan fingerprint density at radius 3 is 2.34 bits per heavy atom. The fourth-order valence-corrected chi connectivity index (χ4v) is 5.24. The van der Waals surface area contributed by atoms with Gasteiger partial charge in [0.05, 0.1) is 26.7 Å². The summed E-state index contributed by atoms with van der Waals surface area (Å²) in [5.41, 5.74) is 7.83. The van der Waals surface area contributed by atoms with Gasteiger partial charge < -0.3 is 34.2 Å². The number of methoxy groups -OCH3 is 2. The Morgan fingerprint density at radius 2 is 1.74 bits per heavy atom. The topological polar surface area (TPSA) is 116 Å². The third-order valence-corrected chi connectivity index (χ3v) is 6.52. The van der Waals surface area contributed by atoms with Gasteiger partial charge in [-0.25, -0.2) is 4.79 Å². The van der Waals surface area contributed by atoms with E-state index in [1.54, 1.807) is 14.0 Å². The summed E-state index contributed by atoms with van der Waals surface area (Å²) in [5.74, 6) is 0.378. The molecule has 1 aliphatic carbocycles. The third kappa shape index (κ3) is 4.06. The maximum absolute atomic E-state index is 13.6. The van der Waals surface area contributed by atoms with Crippen molar-refractivity contribution in [2.75, 3.05) is 27.6 Å². The normalized spacial score (nSPS) is 20.4. The molecule has 1 aromatic rings. The number of ketones is 1. The first-order valence-corrected chi connectivity index (χ1v) is 11.9. The maximum Gasteiger partial charge on any atom is 0.340 e. The Kier molecular flexibility index (Phi) is 6.62. The van der Waals surface area contributed by atoms with E-state index in [9.17, 15) is 9.59 Å². The van der Waals surface area contributed by atoms with Gasteiger partial charge in [-0.2, -0.15) is 0 Å². The van der Waals surface area contributed by atoms with E-state index in [0.717, 1.165) is 12.0 Å². The van der Waals surface area contributed by atoms with Crippen LogP contribution in [0.25, 0.3) is 0 Å². The van der Waals surface area contributed by atoms with E-state index in [0.29, 0.717) is 59.2 Å². The van der Waals surface area contributed by atoms with Crippen LogP contribution in [0.1, 0.15) is 64.0 Å². The van der Waals surface area contributed by atoms with E-state index in [1.165, 1.54) is 7.11 Å². The summed E-state index contributed by atoms with van der Waals surface area (Å²) in [5, 5.41) is 0. The monoisotopic (exact) mass is 487 g/mol. The average Bonchev–Trinajstić information content (AvgIpc) is 3.26. The van der Waals surface area contributed by atoms with Crippen molar-refractivity contribution in [3.63, 3.8) is 0 Å². The van der Waals surface area contributed by atoms with Gasteiger partial charge in [-0.05, 0) is 18.8 Å². The zero-order valence-electron chi connectivity index (χ0n) is 21.2. The van der Waals surface area contributed by atoms with Crippen molar-refractivity contribution < 1.29 is 38.0 Å². The summed E-state index contributed by atoms with van der Waals surface area (Å²) >= 11 is 0. The summed E-state index contributed by atoms with van der Waals surface area (Å²) in [6.45, 7) is 7.87. The summed E-state index contributed by atoms with van der Waals surface area (Å²) in [6, 6.07) is 0. The number of Topliss-reactive ketones (excluding diaryl/α,β-unsaturated/α-hetero) is 1. The molecule has 2 N–H and O–H groups in total. The number of esters is 1. The lowest BCUT2D eigenvalue weighted by Crippen LogP contribution is -2.36. The van der Waals surface area contributed by atoms with Crippen LogP contribution in [0, 0.1) is 5.41 Å². The second kappa shape index (κ2) is 9.36. The van der Waals surface area contributed by atoms with Crippen LogP contribution in [0.4, 0.5) is 0 Å². The average molecular weight is 488 g/mol. The lowest BCUT2D eigenvalue weighted by atomic mass is 9.69. The molecule has 0 fully saturated rings. The number of fused-ring (bicyclic) bond motifs is 1. The molecule has 0 spiro atoms. The summed E-state index contributed by atoms with van der Waals surface area (Å²) < 4.78 is 34.4. The first-order valence-electron chi connectivity index (χ1n) is 11.9. The molecule has 3 aliphatic rings. The molecule has 9 heteroatoms. The van der Waals surface area contributed by atoms with E-state index in [1.807, 2.05) is 20.8 Å². The number of carbonyl (C=O) groups excluding carboxylic acids is 2. The quantitative estimate of drug-likeness (QED) is 0.572. The molecule has 2 aliphatic heterocycles. The number of allylic oxidation sites excluding steroid dienone is 2. The zero-order chi connectivity index (χ0) is 25.5. The Morgan fingerprint density at radius 1 is 1.09 bits per heavy atom. The fourth-order valence-electron chi connectivity index (χ4n) is 5.24. The number of nitrogens with two attached hydrogens (primary N) is 1. The molecule has 0 saturated carbocycles. The summed E-state index contributed by atoms with van der Waals surface area (Å²) in [7, 11) is 3.06. The molecule has 1 aromatic carbocycles. The van der Waals surface area contributed by atoms with E-state index in [-0.39, 0.29) is 36.1 Å². The van der Waals surface area contributed by atoms with Crippen LogP contribution in [0.2, 0.25) is 0 Å². The maximum atomic E-state index is 13.6. The molecule has 0 bridgehead atoms. The molecule has 0 amide bonds. The van der Waals surface area contributed by atoms with Gasteiger partial charge in [-0.1, -0.05) is 27.2 Å². The van der Waals surface area contributed by atoms with Crippen molar-refractivity contribution in [3.8, 4) is 23.0 Å². The predicted molar refractivity (Wildman–Crippen MR) is 126 cm³/mol. The van der Waals surface area contributed by atoms with Gasteiger partial charge in [0.2, 0.25) is 24.2 Å². The molecule has 1 atom stereocenters. The number of hydrogen-bond donors (Lipinski definition) is 1. The van der Waals surface area contributed by atoms with Crippen molar-refractivity contribution >= 4 is 11.8 Å². The minimum atomic E-state index is -0.874. The van der Waals surface area contributed by atoms with Crippen LogP contribution in [-0.4, -0.2) is 39.4 Å². The minimum absolute atomic E-state index is 0.00533. The van der Waals surface area contributed by atoms with Crippen molar-refractivity contribution in [1.82, 2.24) is 0 Å². The lowest BCUT2D eigenvalue weighted by Gasteiger charge is -2.38. The Balaban J connectivity index is 2.09. The lowest BCUT2D eigenvalue weighted by molar-refractivity contribution is -0.139. The van der Waals surface area contributed by atoms with Crippen LogP contribution < -0.4 is 24.7 Å². The van der Waals surface area contributed by atoms with Gasteiger partial charge in [-0.3, -0.25) is 4.79 Å².